The fourth-order valence-corrected chi connectivity index (χ4v) is 4.13. The van der Waals surface area contributed by atoms with E-state index in [2.05, 4.69) is 5.32 Å². The third kappa shape index (κ3) is 4.63. The Hall–Kier alpha value is -3.15. The first-order valence-electron chi connectivity index (χ1n) is 9.97. The molecule has 6 heteroatoms. The van der Waals surface area contributed by atoms with Gasteiger partial charge in [-0.3, -0.25) is 0 Å². The average molecular weight is 437 g/mol. The van der Waals surface area contributed by atoms with Crippen molar-refractivity contribution in [3.05, 3.63) is 106 Å². The molecule has 0 amide bonds. The Kier molecular flexibility index (Phi) is 6.07. The monoisotopic (exact) mass is 436 g/mol. The van der Waals surface area contributed by atoms with Gasteiger partial charge in [-0.1, -0.05) is 48.0 Å². The zero-order valence-corrected chi connectivity index (χ0v) is 17.8. The third-order valence-electron chi connectivity index (χ3n) is 5.28. The van der Waals surface area contributed by atoms with Gasteiger partial charge in [-0.05, 0) is 53.9 Å². The second-order valence-electron chi connectivity index (χ2n) is 7.60. The van der Waals surface area contributed by atoms with Gasteiger partial charge in [-0.25, -0.2) is 9.18 Å². The topological polar surface area (TPSA) is 54.3 Å². The lowest BCUT2D eigenvalue weighted by molar-refractivity contribution is 0.0685. The first-order chi connectivity index (χ1) is 14.9. The Balaban J connectivity index is 1.73. The predicted molar refractivity (Wildman–Crippen MR) is 121 cm³/mol. The van der Waals surface area contributed by atoms with E-state index < -0.39 is 5.97 Å². The molecule has 0 aliphatic heterocycles. The number of nitrogens with one attached hydrogen (secondary N) is 1. The van der Waals surface area contributed by atoms with E-state index in [4.69, 9.17) is 11.6 Å². The second kappa shape index (κ2) is 8.92. The van der Waals surface area contributed by atoms with Crippen LogP contribution in [0.2, 0.25) is 5.02 Å². The Morgan fingerprint density at radius 3 is 2.55 bits per heavy atom. The summed E-state index contributed by atoms with van der Waals surface area (Å²) in [6, 6.07) is 19.7. The Morgan fingerprint density at radius 2 is 1.81 bits per heavy atom. The fourth-order valence-electron chi connectivity index (χ4n) is 3.92. The number of nitrogens with zero attached hydrogens (tertiary/aromatic N) is 1. The minimum atomic E-state index is -1.01. The Morgan fingerprint density at radius 1 is 1.03 bits per heavy atom. The van der Waals surface area contributed by atoms with E-state index in [1.165, 1.54) is 12.1 Å². The van der Waals surface area contributed by atoms with Crippen LogP contribution < -0.4 is 5.32 Å². The molecule has 2 N–H and O–H groups in total. The van der Waals surface area contributed by atoms with Crippen molar-refractivity contribution in [2.24, 2.45) is 0 Å². The molecular weight excluding hydrogens is 415 g/mol. The highest BCUT2D eigenvalue weighted by Gasteiger charge is 2.22. The van der Waals surface area contributed by atoms with Gasteiger partial charge in [-0.2, -0.15) is 0 Å². The van der Waals surface area contributed by atoms with Crippen LogP contribution in [0, 0.1) is 12.7 Å². The number of hydrogen-bond donors (Lipinski definition) is 2. The van der Waals surface area contributed by atoms with Crippen molar-refractivity contribution in [1.82, 2.24) is 9.88 Å². The first-order valence-corrected chi connectivity index (χ1v) is 10.3. The number of aromatic carboxylic acids is 1. The molecule has 4 rings (SSSR count). The molecule has 3 aromatic carbocycles. The molecule has 0 aliphatic carbocycles. The zero-order chi connectivity index (χ0) is 22.0. The number of benzene rings is 3. The maximum Gasteiger partial charge on any atom is 0.352 e. The van der Waals surface area contributed by atoms with Gasteiger partial charge in [0.15, 0.2) is 0 Å². The second-order valence-corrected chi connectivity index (χ2v) is 8.04. The van der Waals surface area contributed by atoms with E-state index in [0.717, 1.165) is 22.0 Å². The van der Waals surface area contributed by atoms with E-state index >= 15 is 0 Å². The predicted octanol–water partition coefficient (Wildman–Crippen LogP) is 5.78. The van der Waals surface area contributed by atoms with Crippen LogP contribution in [0.15, 0.2) is 66.7 Å². The van der Waals surface area contributed by atoms with E-state index in [0.29, 0.717) is 29.2 Å². The highest BCUT2D eigenvalue weighted by molar-refractivity contribution is 6.30. The number of aryl methyl sites for hydroxylation is 1. The summed E-state index contributed by atoms with van der Waals surface area (Å²) in [7, 11) is 0. The molecule has 0 aliphatic rings. The van der Waals surface area contributed by atoms with Gasteiger partial charge >= 0.3 is 5.97 Å². The maximum absolute atomic E-state index is 13.7. The summed E-state index contributed by atoms with van der Waals surface area (Å²) < 4.78 is 15.5. The normalized spacial score (nSPS) is 11.2. The standard InChI is InChI=1S/C25H22ClFN2O2/c1-16-8-9-21-22(14-28-13-17-4-2-6-19(26)11-17)24(25(30)31)29(23(21)10-16)15-18-5-3-7-20(27)12-18/h2-12,28H,13-15H2,1H3,(H,30,31). The minimum absolute atomic E-state index is 0.212. The third-order valence-corrected chi connectivity index (χ3v) is 5.51. The SMILES string of the molecule is Cc1ccc2c(CNCc3cccc(Cl)c3)c(C(=O)O)n(Cc3cccc(F)c3)c2c1. The summed E-state index contributed by atoms with van der Waals surface area (Å²) in [4.78, 5) is 12.3. The van der Waals surface area contributed by atoms with E-state index in [1.54, 1.807) is 16.7 Å². The summed E-state index contributed by atoms with van der Waals surface area (Å²) in [6.07, 6.45) is 0. The summed E-state index contributed by atoms with van der Waals surface area (Å²) in [5, 5.41) is 14.9. The number of hydrogen-bond acceptors (Lipinski definition) is 2. The molecule has 31 heavy (non-hydrogen) atoms. The summed E-state index contributed by atoms with van der Waals surface area (Å²) in [5.74, 6) is -1.35. The molecule has 0 saturated heterocycles. The van der Waals surface area contributed by atoms with Crippen molar-refractivity contribution in [2.75, 3.05) is 0 Å². The van der Waals surface area contributed by atoms with Crippen LogP contribution in [0.4, 0.5) is 4.39 Å². The number of fused-ring (bicyclic) bond motifs is 1. The first kappa shape index (κ1) is 21.1. The van der Waals surface area contributed by atoms with Gasteiger partial charge in [0.25, 0.3) is 0 Å². The molecule has 0 radical (unpaired) electrons. The lowest BCUT2D eigenvalue weighted by Gasteiger charge is -2.10. The van der Waals surface area contributed by atoms with Crippen LogP contribution in [0.3, 0.4) is 0 Å². The van der Waals surface area contributed by atoms with E-state index in [1.807, 2.05) is 49.4 Å². The number of rotatable bonds is 7. The molecule has 0 saturated carbocycles. The number of aromatic nitrogens is 1. The molecule has 0 bridgehead atoms. The van der Waals surface area contributed by atoms with Crippen molar-refractivity contribution in [1.29, 1.82) is 0 Å². The number of carboxylic acid groups (broad SMARTS) is 1. The zero-order valence-electron chi connectivity index (χ0n) is 17.0. The van der Waals surface area contributed by atoms with Gasteiger partial charge < -0.3 is 15.0 Å². The largest absolute Gasteiger partial charge is 0.477 e. The molecule has 158 valence electrons. The van der Waals surface area contributed by atoms with Crippen LogP contribution in [0.5, 0.6) is 0 Å². The maximum atomic E-state index is 13.7. The van der Waals surface area contributed by atoms with Crippen molar-refractivity contribution in [3.8, 4) is 0 Å². The highest BCUT2D eigenvalue weighted by Crippen LogP contribution is 2.29. The lowest BCUT2D eigenvalue weighted by atomic mass is 10.1. The van der Waals surface area contributed by atoms with Crippen molar-refractivity contribution >= 4 is 28.5 Å². The molecule has 0 atom stereocenters. The molecule has 0 spiro atoms. The molecule has 1 aromatic heterocycles. The van der Waals surface area contributed by atoms with Gasteiger partial charge in [0, 0.05) is 41.1 Å². The molecular formula is C25H22ClFN2O2. The molecule has 4 nitrogen and oxygen atoms in total. The van der Waals surface area contributed by atoms with Crippen LogP contribution in [-0.2, 0) is 19.6 Å². The summed E-state index contributed by atoms with van der Waals surface area (Å²) in [6.45, 7) is 3.18. The highest BCUT2D eigenvalue weighted by atomic mass is 35.5. The molecule has 1 heterocycles. The number of halogens is 2. The van der Waals surface area contributed by atoms with E-state index in [9.17, 15) is 14.3 Å². The van der Waals surface area contributed by atoms with Gasteiger partial charge in [0.2, 0.25) is 0 Å². The van der Waals surface area contributed by atoms with Crippen LogP contribution in [-0.4, -0.2) is 15.6 Å². The van der Waals surface area contributed by atoms with Crippen molar-refractivity contribution < 1.29 is 14.3 Å². The number of carbonyl (C=O) groups is 1. The van der Waals surface area contributed by atoms with Gasteiger partial charge in [0.05, 0.1) is 0 Å². The van der Waals surface area contributed by atoms with E-state index in [-0.39, 0.29) is 18.1 Å². The lowest BCUT2D eigenvalue weighted by Crippen LogP contribution is -2.17. The average Bonchev–Trinajstić information content (AvgIpc) is 3.01. The van der Waals surface area contributed by atoms with Gasteiger partial charge in [0.1, 0.15) is 11.5 Å². The Labute approximate surface area is 184 Å². The quantitative estimate of drug-likeness (QED) is 0.386. The summed E-state index contributed by atoms with van der Waals surface area (Å²) >= 11 is 6.06. The molecule has 4 aromatic rings. The minimum Gasteiger partial charge on any atom is -0.477 e. The smallest absolute Gasteiger partial charge is 0.352 e. The summed E-state index contributed by atoms with van der Waals surface area (Å²) in [5.41, 5.74) is 4.49. The van der Waals surface area contributed by atoms with Crippen LogP contribution in [0.25, 0.3) is 10.9 Å². The van der Waals surface area contributed by atoms with Crippen LogP contribution >= 0.6 is 11.6 Å². The van der Waals surface area contributed by atoms with Gasteiger partial charge in [-0.15, -0.1) is 0 Å². The Bertz CT molecular complexity index is 1270. The van der Waals surface area contributed by atoms with Crippen molar-refractivity contribution in [2.45, 2.75) is 26.6 Å². The molecule has 0 unspecified atom stereocenters. The molecule has 0 fully saturated rings. The number of carboxylic acids is 1. The van der Waals surface area contributed by atoms with Crippen molar-refractivity contribution in [3.63, 3.8) is 0 Å². The van der Waals surface area contributed by atoms with Crippen LogP contribution in [0.1, 0.15) is 32.7 Å². The fraction of sp³-hybridized carbons (Fsp3) is 0.160.